The van der Waals surface area contributed by atoms with Gasteiger partial charge in [0.2, 0.25) is 15.9 Å². The molecule has 1 amide bonds. The monoisotopic (exact) mass is 494 g/mol. The van der Waals surface area contributed by atoms with Crippen LogP contribution in [0.2, 0.25) is 5.02 Å². The van der Waals surface area contributed by atoms with Crippen molar-refractivity contribution in [2.24, 2.45) is 5.92 Å². The minimum Gasteiger partial charge on any atom is -0.493 e. The SMILES string of the molecule is C=C(COc1ccc(CCNC(=O)[C@@H](NS(C)(=O)=O)C(C)C)cc1OC)c1ccc(Cl)cc1. The fraction of sp³-hybridized carbons (Fsp3) is 0.375. The Morgan fingerprint density at radius 2 is 1.79 bits per heavy atom. The molecule has 7 nitrogen and oxygen atoms in total. The molecule has 0 unspecified atom stereocenters. The Balaban J connectivity index is 1.94. The van der Waals surface area contributed by atoms with Crippen molar-refractivity contribution in [3.8, 4) is 11.5 Å². The van der Waals surface area contributed by atoms with E-state index in [4.69, 9.17) is 21.1 Å². The Bertz CT molecular complexity index is 1070. The molecular formula is C24H31ClN2O5S. The number of ether oxygens (including phenoxy) is 2. The van der Waals surface area contributed by atoms with E-state index in [0.29, 0.717) is 29.5 Å². The van der Waals surface area contributed by atoms with Gasteiger partial charge in [-0.1, -0.05) is 50.2 Å². The van der Waals surface area contributed by atoms with Crippen molar-refractivity contribution in [1.29, 1.82) is 0 Å². The molecule has 2 aromatic rings. The quantitative estimate of drug-likeness (QED) is 0.469. The molecule has 0 aliphatic rings. The Morgan fingerprint density at radius 3 is 2.36 bits per heavy atom. The summed E-state index contributed by atoms with van der Waals surface area (Å²) in [6, 6.07) is 12.1. The van der Waals surface area contributed by atoms with E-state index >= 15 is 0 Å². The third-order valence-electron chi connectivity index (χ3n) is 4.89. The molecule has 0 aliphatic heterocycles. The van der Waals surface area contributed by atoms with Gasteiger partial charge in [0.25, 0.3) is 0 Å². The lowest BCUT2D eigenvalue weighted by atomic mass is 10.0. The lowest BCUT2D eigenvalue weighted by Crippen LogP contribution is -2.49. The summed E-state index contributed by atoms with van der Waals surface area (Å²) >= 11 is 5.92. The maximum Gasteiger partial charge on any atom is 0.238 e. The number of rotatable bonds is 12. The van der Waals surface area contributed by atoms with Crippen molar-refractivity contribution in [2.75, 3.05) is 26.5 Å². The molecule has 9 heteroatoms. The minimum atomic E-state index is -3.49. The van der Waals surface area contributed by atoms with E-state index in [1.54, 1.807) is 33.1 Å². The van der Waals surface area contributed by atoms with Gasteiger partial charge in [-0.05, 0) is 53.3 Å². The van der Waals surface area contributed by atoms with Crippen LogP contribution >= 0.6 is 11.6 Å². The van der Waals surface area contributed by atoms with E-state index in [-0.39, 0.29) is 18.4 Å². The van der Waals surface area contributed by atoms with Gasteiger partial charge in [-0.3, -0.25) is 4.79 Å². The topological polar surface area (TPSA) is 93.7 Å². The van der Waals surface area contributed by atoms with Crippen molar-refractivity contribution in [1.82, 2.24) is 10.0 Å². The summed E-state index contributed by atoms with van der Waals surface area (Å²) in [6.45, 7) is 8.27. The first-order valence-corrected chi connectivity index (χ1v) is 12.8. The van der Waals surface area contributed by atoms with Gasteiger partial charge in [0.05, 0.1) is 13.4 Å². The molecule has 0 radical (unpaired) electrons. The number of methoxy groups -OCH3 is 1. The summed E-state index contributed by atoms with van der Waals surface area (Å²) in [5.74, 6) is 0.612. The molecular weight excluding hydrogens is 464 g/mol. The van der Waals surface area contributed by atoms with Gasteiger partial charge in [0.15, 0.2) is 11.5 Å². The summed E-state index contributed by atoms with van der Waals surface area (Å²) in [5.41, 5.74) is 2.69. The lowest BCUT2D eigenvalue weighted by molar-refractivity contribution is -0.123. The fourth-order valence-corrected chi connectivity index (χ4v) is 4.05. The molecule has 0 aromatic heterocycles. The number of amides is 1. The smallest absolute Gasteiger partial charge is 0.238 e. The highest BCUT2D eigenvalue weighted by atomic mass is 35.5. The van der Waals surface area contributed by atoms with Crippen LogP contribution < -0.4 is 19.5 Å². The molecule has 1 atom stereocenters. The first-order valence-electron chi connectivity index (χ1n) is 10.5. The van der Waals surface area contributed by atoms with Gasteiger partial charge in [0.1, 0.15) is 12.6 Å². The van der Waals surface area contributed by atoms with Crippen molar-refractivity contribution in [3.05, 3.63) is 65.2 Å². The van der Waals surface area contributed by atoms with E-state index in [0.717, 1.165) is 23.0 Å². The van der Waals surface area contributed by atoms with Gasteiger partial charge < -0.3 is 14.8 Å². The third kappa shape index (κ3) is 8.72. The molecule has 0 saturated heterocycles. The normalized spacial score (nSPS) is 12.3. The van der Waals surface area contributed by atoms with Gasteiger partial charge in [-0.2, -0.15) is 0 Å². The highest BCUT2D eigenvalue weighted by Gasteiger charge is 2.25. The first-order chi connectivity index (χ1) is 15.5. The van der Waals surface area contributed by atoms with Crippen LogP contribution in [0.5, 0.6) is 11.5 Å². The number of nitrogens with one attached hydrogen (secondary N) is 2. The van der Waals surface area contributed by atoms with E-state index in [2.05, 4.69) is 16.6 Å². The molecule has 2 rings (SSSR count). The summed E-state index contributed by atoms with van der Waals surface area (Å²) < 4.78 is 36.7. The van der Waals surface area contributed by atoms with Crippen LogP contribution in [-0.2, 0) is 21.2 Å². The second kappa shape index (κ2) is 12.1. The van der Waals surface area contributed by atoms with E-state index < -0.39 is 16.1 Å². The molecule has 0 heterocycles. The Kier molecular flexibility index (Phi) is 9.76. The maximum absolute atomic E-state index is 12.4. The van der Waals surface area contributed by atoms with E-state index in [1.165, 1.54) is 0 Å². The van der Waals surface area contributed by atoms with Crippen LogP contribution in [0.4, 0.5) is 0 Å². The standard InChI is InChI=1S/C24H31ClN2O5S/c1-16(2)23(27-33(5,29)30)24(28)26-13-12-18-6-11-21(22(14-18)31-4)32-15-17(3)19-7-9-20(25)10-8-19/h6-11,14,16,23,27H,3,12-13,15H2,1-2,4-5H3,(H,26,28)/t23-/m0/s1. The molecule has 33 heavy (non-hydrogen) atoms. The predicted molar refractivity (Wildman–Crippen MR) is 132 cm³/mol. The number of carbonyl (C=O) groups is 1. The number of benzene rings is 2. The summed E-state index contributed by atoms with van der Waals surface area (Å²) in [5, 5.41) is 3.45. The summed E-state index contributed by atoms with van der Waals surface area (Å²) in [6.07, 6.45) is 1.58. The van der Waals surface area contributed by atoms with Crippen LogP contribution in [0, 0.1) is 5.92 Å². The van der Waals surface area contributed by atoms with Gasteiger partial charge >= 0.3 is 0 Å². The third-order valence-corrected chi connectivity index (χ3v) is 5.82. The van der Waals surface area contributed by atoms with Crippen LogP contribution in [0.3, 0.4) is 0 Å². The Morgan fingerprint density at radius 1 is 1.12 bits per heavy atom. The van der Waals surface area contributed by atoms with Crippen molar-refractivity contribution in [2.45, 2.75) is 26.3 Å². The first kappa shape index (κ1) is 26.7. The zero-order chi connectivity index (χ0) is 24.6. The van der Waals surface area contributed by atoms with Crippen molar-refractivity contribution < 1.29 is 22.7 Å². The highest BCUT2D eigenvalue weighted by molar-refractivity contribution is 7.88. The number of hydrogen-bond donors (Lipinski definition) is 2. The number of hydrogen-bond acceptors (Lipinski definition) is 5. The van der Waals surface area contributed by atoms with E-state index in [1.807, 2.05) is 30.3 Å². The molecule has 0 spiro atoms. The van der Waals surface area contributed by atoms with Gasteiger partial charge in [-0.15, -0.1) is 0 Å². The van der Waals surface area contributed by atoms with Crippen molar-refractivity contribution >= 4 is 33.1 Å². The molecule has 180 valence electrons. The predicted octanol–water partition coefficient (Wildman–Crippen LogP) is 3.67. The summed E-state index contributed by atoms with van der Waals surface area (Å²) in [7, 11) is -1.93. The summed E-state index contributed by atoms with van der Waals surface area (Å²) in [4.78, 5) is 12.4. The van der Waals surface area contributed by atoms with E-state index in [9.17, 15) is 13.2 Å². The largest absolute Gasteiger partial charge is 0.493 e. The van der Waals surface area contributed by atoms with Gasteiger partial charge in [0, 0.05) is 11.6 Å². The average molecular weight is 495 g/mol. The molecule has 2 N–H and O–H groups in total. The number of carbonyl (C=O) groups excluding carboxylic acids is 1. The Labute approximate surface area is 201 Å². The van der Waals surface area contributed by atoms with Gasteiger partial charge in [-0.25, -0.2) is 13.1 Å². The van der Waals surface area contributed by atoms with Crippen molar-refractivity contribution in [3.63, 3.8) is 0 Å². The second-order valence-corrected chi connectivity index (χ2v) is 10.3. The van der Waals surface area contributed by atoms with Crippen LogP contribution in [0.15, 0.2) is 49.0 Å². The average Bonchev–Trinajstić information content (AvgIpc) is 2.75. The fourth-order valence-electron chi connectivity index (χ4n) is 3.08. The zero-order valence-electron chi connectivity index (χ0n) is 19.4. The van der Waals surface area contributed by atoms with Crippen LogP contribution in [-0.4, -0.2) is 46.9 Å². The molecule has 0 aliphatic carbocycles. The molecule has 2 aromatic carbocycles. The van der Waals surface area contributed by atoms with Crippen LogP contribution in [0.1, 0.15) is 25.0 Å². The Hall–Kier alpha value is -2.55. The molecule has 0 bridgehead atoms. The maximum atomic E-state index is 12.4. The lowest BCUT2D eigenvalue weighted by Gasteiger charge is -2.20. The minimum absolute atomic E-state index is 0.182. The molecule has 0 fully saturated rings. The highest BCUT2D eigenvalue weighted by Crippen LogP contribution is 2.29. The van der Waals surface area contributed by atoms with Crippen LogP contribution in [0.25, 0.3) is 5.57 Å². The second-order valence-electron chi connectivity index (χ2n) is 8.04. The zero-order valence-corrected chi connectivity index (χ0v) is 20.9. The number of sulfonamides is 1. The number of halogens is 1. The molecule has 0 saturated carbocycles.